The van der Waals surface area contributed by atoms with Crippen LogP contribution in [0.15, 0.2) is 0 Å². The summed E-state index contributed by atoms with van der Waals surface area (Å²) in [6, 6.07) is 0. The van der Waals surface area contributed by atoms with E-state index in [4.69, 9.17) is 4.74 Å². The zero-order chi connectivity index (χ0) is 13.6. The van der Waals surface area contributed by atoms with Crippen LogP contribution in [-0.2, 0) is 4.74 Å². The fraction of sp³-hybridized carbons (Fsp3) is 1.00. The number of rotatable bonds is 0. The summed E-state index contributed by atoms with van der Waals surface area (Å²) in [4.78, 5) is 0. The highest BCUT2D eigenvalue weighted by atomic mass is 16.5. The zero-order valence-corrected chi connectivity index (χ0v) is 13.3. The predicted molar refractivity (Wildman–Crippen MR) is 77.9 cm³/mol. The first kappa shape index (κ1) is 12.7. The molecule has 4 aliphatic rings. The van der Waals surface area contributed by atoms with Gasteiger partial charge in [-0.05, 0) is 73.0 Å². The lowest BCUT2D eigenvalue weighted by molar-refractivity contribution is -0.0692. The first-order valence-corrected chi connectivity index (χ1v) is 8.46. The van der Waals surface area contributed by atoms with Gasteiger partial charge in [0, 0.05) is 0 Å². The van der Waals surface area contributed by atoms with Gasteiger partial charge in [-0.15, -0.1) is 0 Å². The number of fused-ring (bicyclic) bond motifs is 3. The Labute approximate surface area is 118 Å². The van der Waals surface area contributed by atoms with Crippen molar-refractivity contribution >= 4 is 0 Å². The Hall–Kier alpha value is -0.0400. The van der Waals surface area contributed by atoms with Gasteiger partial charge in [0.1, 0.15) is 0 Å². The van der Waals surface area contributed by atoms with Crippen LogP contribution in [-0.4, -0.2) is 12.2 Å². The van der Waals surface area contributed by atoms with Crippen LogP contribution in [0.2, 0.25) is 0 Å². The third-order valence-electron chi connectivity index (χ3n) is 8.17. The minimum Gasteiger partial charge on any atom is -0.375 e. The van der Waals surface area contributed by atoms with Crippen LogP contribution in [0.1, 0.15) is 66.7 Å². The molecule has 1 nitrogen and oxygen atoms in total. The van der Waals surface area contributed by atoms with Crippen LogP contribution >= 0.6 is 0 Å². The molecule has 2 bridgehead atoms. The molecule has 1 aliphatic heterocycles. The monoisotopic (exact) mass is 262 g/mol. The summed E-state index contributed by atoms with van der Waals surface area (Å²) in [6.45, 7) is 12.5. The summed E-state index contributed by atoms with van der Waals surface area (Å²) in [7, 11) is 0. The quantitative estimate of drug-likeness (QED) is 0.617. The van der Waals surface area contributed by atoms with Gasteiger partial charge in [0.25, 0.3) is 0 Å². The maximum absolute atomic E-state index is 6.39. The van der Waals surface area contributed by atoms with E-state index in [0.717, 1.165) is 17.8 Å². The van der Waals surface area contributed by atoms with E-state index in [9.17, 15) is 0 Å². The van der Waals surface area contributed by atoms with E-state index >= 15 is 0 Å². The van der Waals surface area contributed by atoms with E-state index < -0.39 is 0 Å². The third kappa shape index (κ3) is 1.27. The molecule has 108 valence electrons. The summed E-state index contributed by atoms with van der Waals surface area (Å²) in [5.74, 6) is 2.77. The van der Waals surface area contributed by atoms with E-state index in [-0.39, 0.29) is 0 Å². The van der Waals surface area contributed by atoms with E-state index in [1.165, 1.54) is 32.1 Å². The van der Waals surface area contributed by atoms with Gasteiger partial charge in [0.15, 0.2) is 0 Å². The predicted octanol–water partition coefficient (Wildman–Crippen LogP) is 4.65. The highest BCUT2D eigenvalue weighted by molar-refractivity contribution is 5.20. The second kappa shape index (κ2) is 3.40. The van der Waals surface area contributed by atoms with E-state index in [2.05, 4.69) is 34.6 Å². The molecular weight excluding hydrogens is 232 g/mol. The fourth-order valence-corrected chi connectivity index (χ4v) is 7.41. The first-order valence-electron chi connectivity index (χ1n) is 8.46. The topological polar surface area (TPSA) is 9.23 Å². The molecule has 1 saturated heterocycles. The Balaban J connectivity index is 1.83. The SMILES string of the molecule is CC1CC2(C)C(CC34CC2C(C)(C)C3CCC4C)O1. The summed E-state index contributed by atoms with van der Waals surface area (Å²) in [6.07, 6.45) is 8.11. The first-order chi connectivity index (χ1) is 8.81. The van der Waals surface area contributed by atoms with Gasteiger partial charge in [0.2, 0.25) is 0 Å². The lowest BCUT2D eigenvalue weighted by Gasteiger charge is -2.48. The van der Waals surface area contributed by atoms with Gasteiger partial charge in [0.05, 0.1) is 12.2 Å². The Morgan fingerprint density at radius 2 is 1.63 bits per heavy atom. The molecule has 1 spiro atoms. The molecule has 3 aliphatic carbocycles. The van der Waals surface area contributed by atoms with E-state index in [1.807, 2.05) is 0 Å². The van der Waals surface area contributed by atoms with Gasteiger partial charge in [-0.1, -0.05) is 27.7 Å². The normalized spacial score (nSPS) is 62.1. The largest absolute Gasteiger partial charge is 0.375 e. The van der Waals surface area contributed by atoms with Crippen molar-refractivity contribution in [2.75, 3.05) is 0 Å². The highest BCUT2D eigenvalue weighted by Crippen LogP contribution is 2.76. The van der Waals surface area contributed by atoms with E-state index in [1.54, 1.807) is 0 Å². The van der Waals surface area contributed by atoms with Gasteiger partial charge >= 0.3 is 0 Å². The molecule has 0 aromatic heterocycles. The van der Waals surface area contributed by atoms with Gasteiger partial charge in [-0.2, -0.15) is 0 Å². The summed E-state index contributed by atoms with van der Waals surface area (Å²) in [5, 5.41) is 0. The van der Waals surface area contributed by atoms with E-state index in [0.29, 0.717) is 28.5 Å². The number of ether oxygens (including phenoxy) is 1. The van der Waals surface area contributed by atoms with Crippen LogP contribution in [0.5, 0.6) is 0 Å². The van der Waals surface area contributed by atoms with Gasteiger partial charge in [-0.25, -0.2) is 0 Å². The number of hydrogen-bond acceptors (Lipinski definition) is 1. The minimum absolute atomic E-state index is 0.457. The van der Waals surface area contributed by atoms with Crippen LogP contribution in [0.4, 0.5) is 0 Å². The van der Waals surface area contributed by atoms with Crippen LogP contribution in [0, 0.1) is 34.0 Å². The Bertz CT molecular complexity index is 414. The lowest BCUT2D eigenvalue weighted by Crippen LogP contribution is -2.46. The molecule has 0 N–H and O–H groups in total. The lowest BCUT2D eigenvalue weighted by atomic mass is 9.57. The molecule has 1 heteroatoms. The molecule has 0 amide bonds. The van der Waals surface area contributed by atoms with Crippen molar-refractivity contribution in [3.8, 4) is 0 Å². The van der Waals surface area contributed by atoms with Crippen molar-refractivity contribution < 1.29 is 4.74 Å². The average molecular weight is 262 g/mol. The maximum Gasteiger partial charge on any atom is 0.0641 e. The third-order valence-corrected chi connectivity index (χ3v) is 8.17. The second-order valence-electron chi connectivity index (χ2n) is 9.19. The summed E-state index contributed by atoms with van der Waals surface area (Å²) >= 11 is 0. The molecular formula is C18H30O. The smallest absolute Gasteiger partial charge is 0.0641 e. The molecule has 3 saturated carbocycles. The fourth-order valence-electron chi connectivity index (χ4n) is 7.41. The van der Waals surface area contributed by atoms with Gasteiger partial charge < -0.3 is 4.74 Å². The Morgan fingerprint density at radius 1 is 0.895 bits per heavy atom. The summed E-state index contributed by atoms with van der Waals surface area (Å²) in [5.41, 5.74) is 1.61. The van der Waals surface area contributed by atoms with Crippen molar-refractivity contribution in [2.45, 2.75) is 78.9 Å². The molecule has 1 heterocycles. The van der Waals surface area contributed by atoms with Crippen molar-refractivity contribution in [2.24, 2.45) is 34.0 Å². The second-order valence-corrected chi connectivity index (χ2v) is 9.19. The van der Waals surface area contributed by atoms with Gasteiger partial charge in [-0.3, -0.25) is 0 Å². The average Bonchev–Trinajstić information content (AvgIpc) is 2.83. The number of hydrogen-bond donors (Lipinski definition) is 0. The minimum atomic E-state index is 0.457. The standard InChI is InChI=1S/C18H30O/c1-11-6-7-13-16(3,4)14-9-18(11,13)10-15-17(14,5)8-12(2)19-15/h11-15H,6-10H2,1-5H3. The molecule has 7 unspecified atom stereocenters. The van der Waals surface area contributed by atoms with Crippen LogP contribution in [0.25, 0.3) is 0 Å². The Morgan fingerprint density at radius 3 is 2.37 bits per heavy atom. The highest BCUT2D eigenvalue weighted by Gasteiger charge is 2.71. The Kier molecular flexibility index (Phi) is 2.27. The molecule has 0 aromatic carbocycles. The molecule has 19 heavy (non-hydrogen) atoms. The van der Waals surface area contributed by atoms with Crippen LogP contribution in [0.3, 0.4) is 0 Å². The molecule has 7 atom stereocenters. The van der Waals surface area contributed by atoms with Crippen molar-refractivity contribution in [3.63, 3.8) is 0 Å². The van der Waals surface area contributed by atoms with Crippen molar-refractivity contribution in [1.82, 2.24) is 0 Å². The molecule has 0 aromatic rings. The van der Waals surface area contributed by atoms with Crippen molar-refractivity contribution in [3.05, 3.63) is 0 Å². The molecule has 0 radical (unpaired) electrons. The molecule has 4 rings (SSSR count). The zero-order valence-electron chi connectivity index (χ0n) is 13.3. The summed E-state index contributed by atoms with van der Waals surface area (Å²) < 4.78 is 6.39. The van der Waals surface area contributed by atoms with Crippen molar-refractivity contribution in [1.29, 1.82) is 0 Å². The maximum atomic E-state index is 6.39. The van der Waals surface area contributed by atoms with Crippen LogP contribution < -0.4 is 0 Å². The molecule has 4 fully saturated rings.